The number of rotatable bonds is 2. The molecule has 0 saturated heterocycles. The summed E-state index contributed by atoms with van der Waals surface area (Å²) in [6.45, 7) is 0. The minimum absolute atomic E-state index is 1.24. The van der Waals surface area contributed by atoms with Crippen LogP contribution in [0.3, 0.4) is 0 Å². The number of nitrogens with one attached hydrogen (secondary N) is 1. The summed E-state index contributed by atoms with van der Waals surface area (Å²) in [6, 6.07) is 22.8. The van der Waals surface area contributed by atoms with Crippen molar-refractivity contribution in [2.45, 2.75) is 0 Å². The molecule has 9 rings (SSSR count). The molecule has 0 bridgehead atoms. The second-order valence-corrected chi connectivity index (χ2v) is 15.2. The Hall–Kier alpha value is -2.52. The van der Waals surface area contributed by atoms with Crippen LogP contribution < -0.4 is 0 Å². The molecule has 0 radical (unpaired) electrons. The maximum Gasteiger partial charge on any atom is 0.0885 e. The fourth-order valence-corrected chi connectivity index (χ4v) is 12.6. The minimum atomic E-state index is 1.24. The van der Waals surface area contributed by atoms with Crippen molar-refractivity contribution in [3.05, 3.63) is 71.4 Å². The predicted octanol–water partition coefficient (Wildman–Crippen LogP) is 11.6. The van der Waals surface area contributed by atoms with Crippen LogP contribution in [-0.4, -0.2) is 4.98 Å². The van der Waals surface area contributed by atoms with Gasteiger partial charge >= 0.3 is 0 Å². The fourth-order valence-electron chi connectivity index (χ4n) is 5.19. The topological polar surface area (TPSA) is 15.8 Å². The van der Waals surface area contributed by atoms with Gasteiger partial charge in [0.15, 0.2) is 0 Å². The molecule has 0 unspecified atom stereocenters. The molecule has 0 aliphatic rings. The lowest BCUT2D eigenvalue weighted by molar-refractivity contribution is 1.55. The first-order valence-corrected chi connectivity index (χ1v) is 16.2. The molecule has 7 heterocycles. The van der Waals surface area contributed by atoms with Gasteiger partial charge in [0.2, 0.25) is 0 Å². The first-order valence-electron chi connectivity index (χ1n) is 11.1. The maximum atomic E-state index is 3.87. The van der Waals surface area contributed by atoms with Gasteiger partial charge in [-0.15, -0.1) is 68.0 Å². The summed E-state index contributed by atoms with van der Waals surface area (Å²) in [6.07, 6.45) is 0. The van der Waals surface area contributed by atoms with Crippen molar-refractivity contribution in [2.24, 2.45) is 0 Å². The highest BCUT2D eigenvalue weighted by Crippen LogP contribution is 2.48. The molecule has 0 aliphatic heterocycles. The van der Waals surface area contributed by atoms with E-state index in [0.29, 0.717) is 0 Å². The smallest absolute Gasteiger partial charge is 0.0885 e. The Kier molecular flexibility index (Phi) is 3.95. The summed E-state index contributed by atoms with van der Waals surface area (Å²) in [5.41, 5.74) is 5.08. The van der Waals surface area contributed by atoms with Crippen LogP contribution in [0.2, 0.25) is 0 Å². The Morgan fingerprint density at radius 3 is 1.54 bits per heavy atom. The van der Waals surface area contributed by atoms with E-state index in [-0.39, 0.29) is 0 Å². The highest BCUT2D eigenvalue weighted by Gasteiger charge is 2.18. The lowest BCUT2D eigenvalue weighted by atomic mass is 10.1. The summed E-state index contributed by atoms with van der Waals surface area (Å²) in [5, 5.41) is 9.84. The van der Waals surface area contributed by atoms with Crippen molar-refractivity contribution in [2.75, 3.05) is 0 Å². The van der Waals surface area contributed by atoms with Crippen molar-refractivity contribution in [3.8, 4) is 20.9 Å². The van der Waals surface area contributed by atoms with Gasteiger partial charge in [-0.2, -0.15) is 0 Å². The molecule has 35 heavy (non-hydrogen) atoms. The molecule has 1 nitrogen and oxygen atoms in total. The molecule has 0 amide bonds. The summed E-state index contributed by atoms with van der Waals surface area (Å²) < 4.78 is 8.52. The van der Waals surface area contributed by atoms with Gasteiger partial charge in [-0.25, -0.2) is 0 Å². The van der Waals surface area contributed by atoms with Gasteiger partial charge in [-0.1, -0.05) is 36.4 Å². The number of hydrogen-bond donors (Lipinski definition) is 1. The molecule has 9 aromatic rings. The predicted molar refractivity (Wildman–Crippen MR) is 164 cm³/mol. The van der Waals surface area contributed by atoms with E-state index in [1.54, 1.807) is 0 Å². The first kappa shape index (κ1) is 19.6. The zero-order chi connectivity index (χ0) is 22.7. The average Bonchev–Trinajstić information content (AvgIpc) is 3.68. The van der Waals surface area contributed by atoms with Crippen LogP contribution in [0.1, 0.15) is 0 Å². The molecule has 7 aromatic heterocycles. The van der Waals surface area contributed by atoms with Crippen LogP contribution >= 0.6 is 68.0 Å². The van der Waals surface area contributed by atoms with Crippen LogP contribution in [0.25, 0.3) is 80.3 Å². The zero-order valence-corrected chi connectivity index (χ0v) is 22.8. The zero-order valence-electron chi connectivity index (χ0n) is 17.9. The van der Waals surface area contributed by atoms with E-state index in [4.69, 9.17) is 0 Å². The summed E-state index contributed by atoms with van der Waals surface area (Å²) in [5.74, 6) is 0. The summed E-state index contributed by atoms with van der Waals surface area (Å²) >= 11 is 11.4. The second-order valence-electron chi connectivity index (χ2n) is 8.64. The number of aromatic nitrogens is 1. The van der Waals surface area contributed by atoms with Gasteiger partial charge in [-0.3, -0.25) is 0 Å². The molecule has 1 N–H and O–H groups in total. The minimum Gasteiger partial charge on any atom is -0.353 e. The standard InChI is InChI=1S/C28H13NS6/c1-3-13-14-4-2-6-16(20-12-22-26(33-20)18-8-10-31-28(18)35-22)24(14)29-23(13)15(5-1)19-11-21-25(32-19)17-7-9-30-27(17)34-21/h1-12,29H. The van der Waals surface area contributed by atoms with Crippen LogP contribution in [0.15, 0.2) is 71.4 Å². The number of thiophene rings is 6. The van der Waals surface area contributed by atoms with Crippen LogP contribution in [0.5, 0.6) is 0 Å². The molecule has 2 aromatic carbocycles. The van der Waals surface area contributed by atoms with Gasteiger partial charge in [0.1, 0.15) is 0 Å². The quantitative estimate of drug-likeness (QED) is 0.218. The summed E-state index contributed by atoms with van der Waals surface area (Å²) in [7, 11) is 0. The molecule has 0 aliphatic carbocycles. The molecule has 7 heteroatoms. The number of aromatic amines is 1. The number of fused-ring (bicyclic) bond motifs is 9. The van der Waals surface area contributed by atoms with Gasteiger partial charge in [0, 0.05) is 51.8 Å². The molecular formula is C28H13NS6. The molecule has 0 saturated carbocycles. The maximum absolute atomic E-state index is 3.87. The number of para-hydroxylation sites is 2. The van der Waals surface area contributed by atoms with E-state index in [1.165, 1.54) is 80.3 Å². The van der Waals surface area contributed by atoms with Crippen LogP contribution in [0, 0.1) is 0 Å². The number of hydrogen-bond acceptors (Lipinski definition) is 6. The highest BCUT2D eigenvalue weighted by molar-refractivity contribution is 7.44. The molecule has 0 atom stereocenters. The Morgan fingerprint density at radius 2 is 1.03 bits per heavy atom. The van der Waals surface area contributed by atoms with Gasteiger partial charge in [0.25, 0.3) is 0 Å². The summed E-state index contributed by atoms with van der Waals surface area (Å²) in [4.78, 5) is 6.56. The van der Waals surface area contributed by atoms with Crippen molar-refractivity contribution < 1.29 is 0 Å². The molecule has 0 spiro atoms. The lowest BCUT2D eigenvalue weighted by Gasteiger charge is -2.00. The van der Waals surface area contributed by atoms with E-state index in [0.717, 1.165) is 0 Å². The van der Waals surface area contributed by atoms with Crippen molar-refractivity contribution in [3.63, 3.8) is 0 Å². The third kappa shape index (κ3) is 2.66. The van der Waals surface area contributed by atoms with E-state index >= 15 is 0 Å². The van der Waals surface area contributed by atoms with Gasteiger partial charge < -0.3 is 4.98 Å². The second kappa shape index (κ2) is 7.03. The Balaban J connectivity index is 1.28. The van der Waals surface area contributed by atoms with Crippen molar-refractivity contribution in [1.82, 2.24) is 4.98 Å². The number of H-pyrrole nitrogens is 1. The Labute approximate surface area is 223 Å². The van der Waals surface area contributed by atoms with Crippen molar-refractivity contribution >= 4 is 127 Å². The lowest BCUT2D eigenvalue weighted by Crippen LogP contribution is -1.77. The van der Waals surface area contributed by atoms with E-state index < -0.39 is 0 Å². The third-order valence-electron chi connectivity index (χ3n) is 6.75. The van der Waals surface area contributed by atoms with E-state index in [2.05, 4.69) is 76.4 Å². The number of benzene rings is 2. The monoisotopic (exact) mass is 555 g/mol. The van der Waals surface area contributed by atoms with Crippen molar-refractivity contribution in [1.29, 1.82) is 0 Å². The molecular weight excluding hydrogens is 543 g/mol. The molecule has 0 fully saturated rings. The average molecular weight is 556 g/mol. The van der Waals surface area contributed by atoms with E-state index in [9.17, 15) is 0 Å². The van der Waals surface area contributed by atoms with Gasteiger partial charge in [0.05, 0.1) is 28.5 Å². The Bertz CT molecular complexity index is 2080. The normalized spacial score (nSPS) is 12.6. The fraction of sp³-hybridized carbons (Fsp3) is 0. The first-order chi connectivity index (χ1) is 17.3. The van der Waals surface area contributed by atoms with Crippen LogP contribution in [0.4, 0.5) is 0 Å². The van der Waals surface area contributed by atoms with Crippen LogP contribution in [-0.2, 0) is 0 Å². The Morgan fingerprint density at radius 1 is 0.514 bits per heavy atom. The highest BCUT2D eigenvalue weighted by atomic mass is 32.2. The van der Waals surface area contributed by atoms with E-state index in [1.807, 2.05) is 68.0 Å². The largest absolute Gasteiger partial charge is 0.353 e. The van der Waals surface area contributed by atoms with Gasteiger partial charge in [-0.05, 0) is 35.0 Å². The molecule has 166 valence electrons. The SMILES string of the molecule is c1cc(-c2cc3sc4sccc4c3s2)c2[nH]c3c(-c4cc5sc6sccc6c5s4)cccc3c2c1. The third-order valence-corrected chi connectivity index (χ3v) is 13.8.